The van der Waals surface area contributed by atoms with Gasteiger partial charge in [0, 0.05) is 55.0 Å². The van der Waals surface area contributed by atoms with Crippen molar-refractivity contribution in [3.05, 3.63) is 72.3 Å². The number of hydrogen-bond donors (Lipinski definition) is 2. The first-order valence-corrected chi connectivity index (χ1v) is 13.7. The van der Waals surface area contributed by atoms with Gasteiger partial charge in [-0.05, 0) is 61.2 Å². The molecule has 1 amide bonds. The Labute approximate surface area is 207 Å². The summed E-state index contributed by atoms with van der Waals surface area (Å²) in [4.78, 5) is 19.2. The molecule has 2 aromatic carbocycles. The molecule has 0 bridgehead atoms. The Morgan fingerprint density at radius 2 is 1.77 bits per heavy atom. The summed E-state index contributed by atoms with van der Waals surface area (Å²) in [6, 6.07) is 14.7. The van der Waals surface area contributed by atoms with Crippen LogP contribution in [0.25, 0.3) is 0 Å². The van der Waals surface area contributed by atoms with E-state index < -0.39 is 21.7 Å². The molecule has 2 N–H and O–H groups in total. The van der Waals surface area contributed by atoms with E-state index in [1.165, 1.54) is 19.3 Å². The first-order chi connectivity index (χ1) is 16.8. The number of sulfonamides is 1. The third kappa shape index (κ3) is 6.85. The summed E-state index contributed by atoms with van der Waals surface area (Å²) >= 11 is 0. The van der Waals surface area contributed by atoms with Crippen molar-refractivity contribution in [1.82, 2.24) is 9.55 Å². The molecule has 186 valence electrons. The van der Waals surface area contributed by atoms with Crippen LogP contribution in [0.5, 0.6) is 0 Å². The highest BCUT2D eigenvalue weighted by molar-refractivity contribution is 7.93. The van der Waals surface area contributed by atoms with E-state index in [1.807, 2.05) is 36.5 Å². The second-order valence-corrected chi connectivity index (χ2v) is 11.0. The van der Waals surface area contributed by atoms with Gasteiger partial charge in [0.05, 0.1) is 0 Å². The summed E-state index contributed by atoms with van der Waals surface area (Å²) in [5.74, 6) is 0.0293. The van der Waals surface area contributed by atoms with Crippen molar-refractivity contribution >= 4 is 33.0 Å². The van der Waals surface area contributed by atoms with Crippen LogP contribution in [0.3, 0.4) is 0 Å². The van der Waals surface area contributed by atoms with Crippen molar-refractivity contribution in [2.45, 2.75) is 45.6 Å². The third-order valence-corrected chi connectivity index (χ3v) is 7.20. The molecule has 4 rings (SSSR count). The average Bonchev–Trinajstić information content (AvgIpc) is 3.28. The van der Waals surface area contributed by atoms with Gasteiger partial charge in [0.1, 0.15) is 11.6 Å². The Hall–Kier alpha value is -3.33. The van der Waals surface area contributed by atoms with Gasteiger partial charge in [-0.3, -0.25) is 9.52 Å². The molecule has 1 saturated heterocycles. The third-order valence-electron chi connectivity index (χ3n) is 6.01. The van der Waals surface area contributed by atoms with E-state index in [0.717, 1.165) is 30.2 Å². The van der Waals surface area contributed by atoms with Gasteiger partial charge in [-0.1, -0.05) is 26.0 Å². The van der Waals surface area contributed by atoms with E-state index in [4.69, 9.17) is 0 Å². The molecule has 35 heavy (non-hydrogen) atoms. The summed E-state index contributed by atoms with van der Waals surface area (Å²) in [7, 11) is -3.85. The van der Waals surface area contributed by atoms with Crippen molar-refractivity contribution in [3.63, 3.8) is 0 Å². The molecule has 3 aromatic rings. The number of nitrogens with zero attached hydrogens (tertiary/aromatic N) is 3. The van der Waals surface area contributed by atoms with Crippen molar-refractivity contribution in [3.8, 4) is 0 Å². The Morgan fingerprint density at radius 1 is 1.03 bits per heavy atom. The zero-order valence-electron chi connectivity index (χ0n) is 20.3. The number of anilines is 3. The maximum atomic E-state index is 12.6. The highest BCUT2D eigenvalue weighted by atomic mass is 32.2. The van der Waals surface area contributed by atoms with E-state index in [-0.39, 0.29) is 0 Å². The lowest BCUT2D eigenvalue weighted by Gasteiger charge is -2.28. The van der Waals surface area contributed by atoms with Gasteiger partial charge >= 0.3 is 0 Å². The van der Waals surface area contributed by atoms with Gasteiger partial charge in [-0.15, -0.1) is 0 Å². The lowest BCUT2D eigenvalue weighted by Crippen LogP contribution is -2.29. The SMILES string of the molecule is CC(C)c1nccn1Cc1cccc(NC(=O)CS(=O)(=O)Nc2ccc(N3CCCCC3)cc2)c1. The Balaban J connectivity index is 1.33. The highest BCUT2D eigenvalue weighted by Gasteiger charge is 2.18. The summed E-state index contributed by atoms with van der Waals surface area (Å²) in [6.07, 6.45) is 7.31. The number of carbonyl (C=O) groups is 1. The Morgan fingerprint density at radius 3 is 2.49 bits per heavy atom. The fourth-order valence-corrected chi connectivity index (χ4v) is 5.36. The molecule has 0 atom stereocenters. The van der Waals surface area contributed by atoms with Crippen molar-refractivity contribution < 1.29 is 13.2 Å². The van der Waals surface area contributed by atoms with Gasteiger partial charge in [0.15, 0.2) is 0 Å². The fraction of sp³-hybridized carbons (Fsp3) is 0.385. The predicted octanol–water partition coefficient (Wildman–Crippen LogP) is 4.43. The van der Waals surface area contributed by atoms with Crippen LogP contribution in [-0.2, 0) is 21.4 Å². The van der Waals surface area contributed by atoms with Crippen LogP contribution in [0, 0.1) is 0 Å². The molecule has 0 radical (unpaired) electrons. The number of imidazole rings is 1. The predicted molar refractivity (Wildman–Crippen MR) is 140 cm³/mol. The fourth-order valence-electron chi connectivity index (χ4n) is 4.38. The molecule has 0 aliphatic carbocycles. The van der Waals surface area contributed by atoms with Crippen molar-refractivity contribution in [2.24, 2.45) is 0 Å². The monoisotopic (exact) mass is 495 g/mol. The summed E-state index contributed by atoms with van der Waals surface area (Å²) in [5, 5.41) is 2.70. The number of piperidine rings is 1. The standard InChI is InChI=1S/C26H33N5O3S/c1-20(2)26-27-13-16-31(26)18-21-7-6-8-23(17-21)28-25(32)19-35(33,34)29-22-9-11-24(12-10-22)30-14-4-3-5-15-30/h6-13,16-17,20,29H,3-5,14-15,18-19H2,1-2H3,(H,28,32). The van der Waals surface area contributed by atoms with Gasteiger partial charge in [-0.25, -0.2) is 13.4 Å². The smallest absolute Gasteiger partial charge is 0.241 e. The maximum Gasteiger partial charge on any atom is 0.241 e. The van der Waals surface area contributed by atoms with Crippen LogP contribution in [0.15, 0.2) is 60.9 Å². The molecule has 1 aliphatic heterocycles. The van der Waals surface area contributed by atoms with Gasteiger partial charge < -0.3 is 14.8 Å². The van der Waals surface area contributed by atoms with Crippen LogP contribution >= 0.6 is 0 Å². The molecule has 0 spiro atoms. The molecule has 1 fully saturated rings. The highest BCUT2D eigenvalue weighted by Crippen LogP contribution is 2.22. The summed E-state index contributed by atoms with van der Waals surface area (Å²) < 4.78 is 29.7. The molecular formula is C26H33N5O3S. The van der Waals surface area contributed by atoms with E-state index in [0.29, 0.717) is 23.8 Å². The number of amides is 1. The minimum Gasteiger partial charge on any atom is -0.372 e. The molecule has 1 aliphatic rings. The lowest BCUT2D eigenvalue weighted by molar-refractivity contribution is -0.113. The summed E-state index contributed by atoms with van der Waals surface area (Å²) in [5.41, 5.74) is 3.07. The van der Waals surface area contributed by atoms with Crippen LogP contribution in [0.1, 0.15) is 50.4 Å². The molecule has 0 saturated carbocycles. The lowest BCUT2D eigenvalue weighted by atomic mass is 10.1. The first-order valence-electron chi connectivity index (χ1n) is 12.0. The van der Waals surface area contributed by atoms with Crippen molar-refractivity contribution in [1.29, 1.82) is 0 Å². The number of benzene rings is 2. The van der Waals surface area contributed by atoms with Crippen LogP contribution < -0.4 is 14.9 Å². The van der Waals surface area contributed by atoms with E-state index in [2.05, 4.69) is 38.3 Å². The van der Waals surface area contributed by atoms with E-state index in [1.54, 1.807) is 24.4 Å². The van der Waals surface area contributed by atoms with E-state index in [9.17, 15) is 13.2 Å². The zero-order valence-corrected chi connectivity index (χ0v) is 21.1. The van der Waals surface area contributed by atoms with Gasteiger partial charge in [0.25, 0.3) is 0 Å². The molecule has 2 heterocycles. The Kier molecular flexibility index (Phi) is 7.75. The molecule has 0 unspecified atom stereocenters. The van der Waals surface area contributed by atoms with Gasteiger partial charge in [0.2, 0.25) is 15.9 Å². The number of aromatic nitrogens is 2. The van der Waals surface area contributed by atoms with Gasteiger partial charge in [-0.2, -0.15) is 0 Å². The number of hydrogen-bond acceptors (Lipinski definition) is 5. The van der Waals surface area contributed by atoms with Crippen LogP contribution in [0.2, 0.25) is 0 Å². The zero-order chi connectivity index (χ0) is 24.8. The normalized spacial score (nSPS) is 14.2. The second-order valence-electron chi connectivity index (χ2n) is 9.27. The van der Waals surface area contributed by atoms with Crippen LogP contribution in [-0.4, -0.2) is 42.7 Å². The number of nitrogens with one attached hydrogen (secondary N) is 2. The minimum absolute atomic E-state index is 0.298. The number of rotatable bonds is 9. The maximum absolute atomic E-state index is 12.6. The second kappa shape index (κ2) is 10.9. The summed E-state index contributed by atoms with van der Waals surface area (Å²) in [6.45, 7) is 6.84. The minimum atomic E-state index is -3.85. The number of carbonyl (C=O) groups excluding carboxylic acids is 1. The molecule has 9 heteroatoms. The van der Waals surface area contributed by atoms with E-state index >= 15 is 0 Å². The quantitative estimate of drug-likeness (QED) is 0.458. The average molecular weight is 496 g/mol. The molecule has 1 aromatic heterocycles. The van der Waals surface area contributed by atoms with Crippen LogP contribution in [0.4, 0.5) is 17.1 Å². The Bertz CT molecular complexity index is 1250. The topological polar surface area (TPSA) is 96.3 Å². The van der Waals surface area contributed by atoms with Crippen molar-refractivity contribution in [2.75, 3.05) is 33.8 Å². The molecular weight excluding hydrogens is 462 g/mol. The largest absolute Gasteiger partial charge is 0.372 e. The molecule has 8 nitrogen and oxygen atoms in total. The first kappa shape index (κ1) is 24.8.